The molecule has 10 heteroatoms. The van der Waals surface area contributed by atoms with Gasteiger partial charge in [0.2, 0.25) is 16.3 Å². The molecule has 9 nitrogen and oxygen atoms in total. The molecule has 0 aliphatic carbocycles. The summed E-state index contributed by atoms with van der Waals surface area (Å²) in [7, 11) is -4.99. The maximum atomic E-state index is 11.8. The van der Waals surface area contributed by atoms with E-state index in [4.69, 9.17) is 4.42 Å². The van der Waals surface area contributed by atoms with E-state index in [9.17, 15) is 17.8 Å². The average molecular weight is 286 g/mol. The van der Waals surface area contributed by atoms with Gasteiger partial charge >= 0.3 is 6.03 Å². The molecule has 3 heterocycles. The highest BCUT2D eigenvalue weighted by atomic mass is 32.3. The van der Waals surface area contributed by atoms with Gasteiger partial charge in [-0.25, -0.2) is 18.2 Å². The molecule has 3 rings (SSSR count). The number of aromatic nitrogens is 1. The van der Waals surface area contributed by atoms with Gasteiger partial charge in [0, 0.05) is 12.1 Å². The standard InChI is InChI=1S/C9H9N3O6S/c13-9-11-4-6(8-10-1-2-17-8)3-7(5-11)12(9)18-19(14,15)16/h1-3,7H,4-5H2,(H,14,15,16)/p-1. The summed E-state index contributed by atoms with van der Waals surface area (Å²) in [6, 6.07) is -1.34. The van der Waals surface area contributed by atoms with Gasteiger partial charge in [0.05, 0.1) is 18.8 Å². The van der Waals surface area contributed by atoms with E-state index in [2.05, 4.69) is 9.27 Å². The Morgan fingerprint density at radius 3 is 2.95 bits per heavy atom. The Bertz CT molecular complexity index is 637. The molecular formula is C9H8N3O6S-. The number of hydrogen-bond acceptors (Lipinski definition) is 7. The highest BCUT2D eigenvalue weighted by Gasteiger charge is 2.42. The molecule has 2 aliphatic rings. The molecule has 1 aromatic rings. The van der Waals surface area contributed by atoms with Crippen LogP contribution >= 0.6 is 0 Å². The predicted molar refractivity (Wildman–Crippen MR) is 57.9 cm³/mol. The zero-order chi connectivity index (χ0) is 13.6. The van der Waals surface area contributed by atoms with Gasteiger partial charge < -0.3 is 13.9 Å². The normalized spacial score (nSPS) is 22.9. The van der Waals surface area contributed by atoms with E-state index in [-0.39, 0.29) is 13.1 Å². The minimum absolute atomic E-state index is 0.217. The maximum absolute atomic E-state index is 11.8. The molecule has 0 saturated carbocycles. The molecule has 1 atom stereocenters. The van der Waals surface area contributed by atoms with E-state index in [1.807, 2.05) is 0 Å². The second-order valence-electron chi connectivity index (χ2n) is 4.07. The first-order valence-electron chi connectivity index (χ1n) is 5.28. The fraction of sp³-hybridized carbons (Fsp3) is 0.333. The number of carbonyl (C=O) groups excluding carboxylic acids is 1. The van der Waals surface area contributed by atoms with Crippen LogP contribution in [-0.2, 0) is 14.7 Å². The SMILES string of the molecule is O=C1N2CC(c3ncco3)=CC(C2)N1OS(=O)(=O)[O-]. The van der Waals surface area contributed by atoms with Gasteiger partial charge in [-0.05, 0) is 6.08 Å². The Labute approximate surface area is 108 Å². The third kappa shape index (κ3) is 2.20. The highest BCUT2D eigenvalue weighted by molar-refractivity contribution is 7.80. The molecule has 2 amide bonds. The molecule has 2 bridgehead atoms. The largest absolute Gasteiger partial charge is 0.724 e. The molecule has 0 spiro atoms. The quantitative estimate of drug-likeness (QED) is 0.546. The number of rotatable bonds is 3. The number of amides is 2. The van der Waals surface area contributed by atoms with Crippen molar-refractivity contribution in [2.24, 2.45) is 0 Å². The third-order valence-electron chi connectivity index (χ3n) is 2.80. The van der Waals surface area contributed by atoms with Crippen molar-refractivity contribution >= 4 is 22.0 Å². The van der Waals surface area contributed by atoms with Crippen LogP contribution in [0, 0.1) is 0 Å². The second kappa shape index (κ2) is 4.05. The summed E-state index contributed by atoms with van der Waals surface area (Å²) in [6.45, 7) is 0.465. The third-order valence-corrected chi connectivity index (χ3v) is 3.14. The van der Waals surface area contributed by atoms with Gasteiger partial charge in [-0.2, -0.15) is 9.35 Å². The molecule has 1 aromatic heterocycles. The Morgan fingerprint density at radius 2 is 2.32 bits per heavy atom. The average Bonchev–Trinajstić information content (AvgIpc) is 2.92. The van der Waals surface area contributed by atoms with Crippen molar-refractivity contribution in [3.8, 4) is 0 Å². The molecular weight excluding hydrogens is 278 g/mol. The van der Waals surface area contributed by atoms with Crippen molar-refractivity contribution in [3.63, 3.8) is 0 Å². The molecule has 1 fully saturated rings. The summed E-state index contributed by atoms with van der Waals surface area (Å²) in [5, 5.41) is 0.554. The van der Waals surface area contributed by atoms with E-state index < -0.39 is 22.5 Å². The summed E-state index contributed by atoms with van der Waals surface area (Å²) < 4.78 is 41.0. The van der Waals surface area contributed by atoms with E-state index in [1.165, 1.54) is 17.4 Å². The van der Waals surface area contributed by atoms with Gasteiger partial charge in [-0.15, -0.1) is 0 Å². The lowest BCUT2D eigenvalue weighted by molar-refractivity contribution is -0.0195. The van der Waals surface area contributed by atoms with Gasteiger partial charge in [0.1, 0.15) is 6.26 Å². The Kier molecular flexibility index (Phi) is 2.59. The Hall–Kier alpha value is -1.91. The number of fused-ring (bicyclic) bond motifs is 2. The lowest BCUT2D eigenvalue weighted by Gasteiger charge is -2.20. The minimum Gasteiger partial charge on any atom is -0.724 e. The zero-order valence-electron chi connectivity index (χ0n) is 9.42. The van der Waals surface area contributed by atoms with Crippen LogP contribution in [0.15, 0.2) is 23.0 Å². The van der Waals surface area contributed by atoms with Gasteiger partial charge in [0.15, 0.2) is 0 Å². The summed E-state index contributed by atoms with van der Waals surface area (Å²) in [5.74, 6) is 0.342. The number of hydroxylamine groups is 2. The van der Waals surface area contributed by atoms with Crippen molar-refractivity contribution in [1.29, 1.82) is 0 Å². The second-order valence-corrected chi connectivity index (χ2v) is 5.03. The van der Waals surface area contributed by atoms with Gasteiger partial charge in [0.25, 0.3) is 0 Å². The van der Waals surface area contributed by atoms with Gasteiger partial charge in [-0.3, -0.25) is 0 Å². The molecule has 1 saturated heterocycles. The molecule has 2 aliphatic heterocycles. The van der Waals surface area contributed by atoms with Crippen LogP contribution in [0.5, 0.6) is 0 Å². The van der Waals surface area contributed by atoms with Crippen LogP contribution in [0.4, 0.5) is 4.79 Å². The number of nitrogens with zero attached hydrogens (tertiary/aromatic N) is 3. The van der Waals surface area contributed by atoms with Crippen molar-refractivity contribution in [3.05, 3.63) is 24.4 Å². The number of urea groups is 1. The lowest BCUT2D eigenvalue weighted by atomic mass is 10.1. The highest BCUT2D eigenvalue weighted by Crippen LogP contribution is 2.29. The summed E-state index contributed by atoms with van der Waals surface area (Å²) >= 11 is 0. The summed E-state index contributed by atoms with van der Waals surface area (Å²) in [5.41, 5.74) is 0.629. The lowest BCUT2D eigenvalue weighted by Crippen LogP contribution is -2.35. The van der Waals surface area contributed by atoms with Crippen LogP contribution in [0.25, 0.3) is 5.57 Å². The molecule has 0 N–H and O–H groups in total. The monoisotopic (exact) mass is 286 g/mol. The molecule has 1 unspecified atom stereocenters. The first kappa shape index (κ1) is 12.1. The fourth-order valence-electron chi connectivity index (χ4n) is 2.11. The van der Waals surface area contributed by atoms with Crippen LogP contribution in [-0.4, -0.2) is 53.1 Å². The van der Waals surface area contributed by atoms with Crippen molar-refractivity contribution < 1.29 is 26.5 Å². The molecule has 0 radical (unpaired) electrons. The number of carbonyl (C=O) groups is 1. The fourth-order valence-corrected chi connectivity index (χ4v) is 2.48. The van der Waals surface area contributed by atoms with E-state index in [0.29, 0.717) is 16.5 Å². The van der Waals surface area contributed by atoms with E-state index in [0.717, 1.165) is 0 Å². The number of oxazole rings is 1. The maximum Gasteiger partial charge on any atom is 0.346 e. The van der Waals surface area contributed by atoms with Crippen LogP contribution in [0.2, 0.25) is 0 Å². The minimum atomic E-state index is -4.99. The molecule has 19 heavy (non-hydrogen) atoms. The predicted octanol–water partition coefficient (Wildman–Crippen LogP) is -0.430. The summed E-state index contributed by atoms with van der Waals surface area (Å²) in [4.78, 5) is 17.1. The first-order chi connectivity index (χ1) is 8.94. The van der Waals surface area contributed by atoms with E-state index >= 15 is 0 Å². The van der Waals surface area contributed by atoms with Crippen molar-refractivity contribution in [2.45, 2.75) is 6.04 Å². The van der Waals surface area contributed by atoms with Crippen molar-refractivity contribution in [1.82, 2.24) is 14.9 Å². The van der Waals surface area contributed by atoms with Gasteiger partial charge in [-0.1, -0.05) is 0 Å². The Morgan fingerprint density at radius 1 is 1.53 bits per heavy atom. The van der Waals surface area contributed by atoms with Crippen LogP contribution in [0.1, 0.15) is 5.89 Å². The Balaban J connectivity index is 1.90. The van der Waals surface area contributed by atoms with Crippen LogP contribution in [0.3, 0.4) is 0 Å². The molecule has 0 aromatic carbocycles. The summed E-state index contributed by atoms with van der Waals surface area (Å²) in [6.07, 6.45) is 4.44. The topological polar surface area (TPSA) is 116 Å². The van der Waals surface area contributed by atoms with Crippen LogP contribution < -0.4 is 0 Å². The first-order valence-corrected chi connectivity index (χ1v) is 6.61. The van der Waals surface area contributed by atoms with E-state index in [1.54, 1.807) is 6.08 Å². The van der Waals surface area contributed by atoms with Crippen molar-refractivity contribution in [2.75, 3.05) is 13.1 Å². The number of hydrogen-bond donors (Lipinski definition) is 0. The smallest absolute Gasteiger partial charge is 0.346 e. The zero-order valence-corrected chi connectivity index (χ0v) is 10.2. The molecule has 102 valence electrons.